The van der Waals surface area contributed by atoms with Gasteiger partial charge >= 0.3 is 5.97 Å². The van der Waals surface area contributed by atoms with E-state index in [4.69, 9.17) is 4.74 Å². The second-order valence-electron chi connectivity index (χ2n) is 4.89. The van der Waals surface area contributed by atoms with E-state index >= 15 is 0 Å². The highest BCUT2D eigenvalue weighted by Crippen LogP contribution is 2.11. The van der Waals surface area contributed by atoms with E-state index < -0.39 is 12.3 Å². The molecule has 0 saturated heterocycles. The third kappa shape index (κ3) is 6.97. The molecule has 0 amide bonds. The summed E-state index contributed by atoms with van der Waals surface area (Å²) in [5.74, 6) is -0.102. The zero-order chi connectivity index (χ0) is 14.0. The molecule has 0 aromatic rings. The molecule has 0 aromatic heterocycles. The summed E-state index contributed by atoms with van der Waals surface area (Å²) < 4.78 is 5.13. The van der Waals surface area contributed by atoms with Crippen LogP contribution in [0, 0.1) is 5.92 Å². The number of esters is 1. The number of hydrogen-bond acceptors (Lipinski definition) is 4. The molecule has 0 unspecified atom stereocenters. The van der Waals surface area contributed by atoms with Crippen molar-refractivity contribution in [2.75, 3.05) is 6.61 Å². The van der Waals surface area contributed by atoms with Crippen molar-refractivity contribution in [2.24, 2.45) is 5.92 Å². The molecule has 0 aliphatic rings. The molecule has 18 heavy (non-hydrogen) atoms. The molecule has 0 fully saturated rings. The van der Waals surface area contributed by atoms with Crippen molar-refractivity contribution in [1.29, 1.82) is 0 Å². The van der Waals surface area contributed by atoms with Gasteiger partial charge in [-0.15, -0.1) is 0 Å². The Hall–Kier alpha value is -0.610. The van der Waals surface area contributed by atoms with Gasteiger partial charge in [-0.2, -0.15) is 0 Å². The molecule has 0 aliphatic heterocycles. The van der Waals surface area contributed by atoms with Crippen molar-refractivity contribution < 1.29 is 14.6 Å². The van der Waals surface area contributed by atoms with Crippen molar-refractivity contribution in [3.05, 3.63) is 0 Å². The molecule has 4 nitrogen and oxygen atoms in total. The minimum absolute atomic E-state index is 0.147. The maximum Gasteiger partial charge on any atom is 0.323 e. The molecule has 3 atom stereocenters. The summed E-state index contributed by atoms with van der Waals surface area (Å²) in [6, 6.07) is -0.393. The molecular weight excluding hydrogens is 230 g/mol. The summed E-state index contributed by atoms with van der Waals surface area (Å²) in [6.45, 7) is 8.50. The van der Waals surface area contributed by atoms with Crippen LogP contribution in [0.3, 0.4) is 0 Å². The molecule has 0 saturated carbocycles. The van der Waals surface area contributed by atoms with E-state index in [1.807, 2.05) is 20.8 Å². The lowest BCUT2D eigenvalue weighted by Gasteiger charge is -2.25. The lowest BCUT2D eigenvalue weighted by molar-refractivity contribution is -0.147. The van der Waals surface area contributed by atoms with Gasteiger partial charge in [0, 0.05) is 0 Å². The molecule has 2 N–H and O–H groups in total. The van der Waals surface area contributed by atoms with E-state index in [2.05, 4.69) is 12.2 Å². The first-order valence-electron chi connectivity index (χ1n) is 7.17. The van der Waals surface area contributed by atoms with Crippen LogP contribution in [-0.4, -0.2) is 30.0 Å². The summed E-state index contributed by atoms with van der Waals surface area (Å²) in [5, 5.41) is 13.0. The predicted octanol–water partition coefficient (Wildman–Crippen LogP) is 2.45. The van der Waals surface area contributed by atoms with E-state index in [0.29, 0.717) is 13.0 Å². The molecule has 0 aliphatic carbocycles. The smallest absolute Gasteiger partial charge is 0.323 e. The minimum atomic E-state index is -0.643. The largest absolute Gasteiger partial charge is 0.465 e. The van der Waals surface area contributed by atoms with Crippen LogP contribution in [0.2, 0.25) is 0 Å². The van der Waals surface area contributed by atoms with Gasteiger partial charge in [-0.1, -0.05) is 40.5 Å². The highest BCUT2D eigenvalue weighted by molar-refractivity contribution is 5.75. The van der Waals surface area contributed by atoms with Gasteiger partial charge in [0.15, 0.2) is 0 Å². The summed E-state index contributed by atoms with van der Waals surface area (Å²) in [6.07, 6.45) is 3.72. The molecule has 0 radical (unpaired) electrons. The van der Waals surface area contributed by atoms with Gasteiger partial charge in [-0.3, -0.25) is 10.1 Å². The minimum Gasteiger partial charge on any atom is -0.465 e. The highest BCUT2D eigenvalue weighted by atomic mass is 16.5. The van der Waals surface area contributed by atoms with Crippen LogP contribution in [0.5, 0.6) is 0 Å². The maximum absolute atomic E-state index is 11.8. The fraction of sp³-hybridized carbons (Fsp3) is 0.929. The van der Waals surface area contributed by atoms with Crippen molar-refractivity contribution in [3.8, 4) is 0 Å². The first-order valence-corrected chi connectivity index (χ1v) is 7.17. The number of hydrogen-bond donors (Lipinski definition) is 2. The normalized spacial score (nSPS) is 16.1. The third-order valence-electron chi connectivity index (χ3n) is 2.97. The van der Waals surface area contributed by atoms with Gasteiger partial charge in [0.25, 0.3) is 0 Å². The molecule has 0 heterocycles. The van der Waals surface area contributed by atoms with Crippen molar-refractivity contribution >= 4 is 5.97 Å². The Morgan fingerprint density at radius 2 is 1.78 bits per heavy atom. The number of rotatable bonds is 10. The van der Waals surface area contributed by atoms with E-state index in [9.17, 15) is 9.90 Å². The van der Waals surface area contributed by atoms with Gasteiger partial charge in [0.05, 0.1) is 6.61 Å². The van der Waals surface area contributed by atoms with Crippen LogP contribution < -0.4 is 5.32 Å². The average Bonchev–Trinajstić information content (AvgIpc) is 2.35. The summed E-state index contributed by atoms with van der Waals surface area (Å²) >= 11 is 0. The summed E-state index contributed by atoms with van der Waals surface area (Å²) in [4.78, 5) is 11.8. The Kier molecular flexibility index (Phi) is 9.98. The summed E-state index contributed by atoms with van der Waals surface area (Å²) in [7, 11) is 0. The molecule has 4 heteroatoms. The van der Waals surface area contributed by atoms with Gasteiger partial charge in [0.1, 0.15) is 12.3 Å². The van der Waals surface area contributed by atoms with E-state index in [1.54, 1.807) is 0 Å². The van der Waals surface area contributed by atoms with E-state index in [0.717, 1.165) is 25.7 Å². The molecule has 0 spiro atoms. The van der Waals surface area contributed by atoms with Crippen LogP contribution in [0.1, 0.15) is 59.8 Å². The number of carbonyl (C=O) groups excluding carboxylic acids is 1. The van der Waals surface area contributed by atoms with Gasteiger partial charge < -0.3 is 9.84 Å². The maximum atomic E-state index is 11.8. The molecule has 0 aromatic carbocycles. The Balaban J connectivity index is 4.28. The first-order chi connectivity index (χ1) is 8.56. The van der Waals surface area contributed by atoms with E-state index in [1.165, 1.54) is 0 Å². The second kappa shape index (κ2) is 10.3. The standard InChI is InChI=1S/C14H29NO3/c1-5-8-11(4)13(16)15-12(9-6-2)14(17)18-10-7-3/h11-13,15-16H,5-10H2,1-4H3/t11-,12-,13+/m0/s1. The average molecular weight is 259 g/mol. The Morgan fingerprint density at radius 3 is 2.28 bits per heavy atom. The number of carbonyl (C=O) groups is 1. The highest BCUT2D eigenvalue weighted by Gasteiger charge is 2.24. The molecule has 108 valence electrons. The Labute approximate surface area is 111 Å². The van der Waals surface area contributed by atoms with Crippen LogP contribution >= 0.6 is 0 Å². The van der Waals surface area contributed by atoms with Crippen molar-refractivity contribution in [3.63, 3.8) is 0 Å². The number of ether oxygens (including phenoxy) is 1. The quantitative estimate of drug-likeness (QED) is 0.467. The molecular formula is C14H29NO3. The third-order valence-corrected chi connectivity index (χ3v) is 2.97. The SMILES string of the molecule is CCCOC(=O)[C@H](CCC)N[C@H](O)[C@@H](C)CCC. The predicted molar refractivity (Wildman–Crippen MR) is 73.2 cm³/mol. The number of nitrogens with one attached hydrogen (secondary N) is 1. The first kappa shape index (κ1) is 17.4. The summed E-state index contributed by atoms with van der Waals surface area (Å²) in [5.41, 5.74) is 0. The van der Waals surface area contributed by atoms with Crippen LogP contribution in [0.25, 0.3) is 0 Å². The monoisotopic (exact) mass is 259 g/mol. The zero-order valence-corrected chi connectivity index (χ0v) is 12.2. The lowest BCUT2D eigenvalue weighted by atomic mass is 10.0. The number of aliphatic hydroxyl groups excluding tert-OH is 1. The Bertz CT molecular complexity index is 221. The number of aliphatic hydroxyl groups is 1. The fourth-order valence-electron chi connectivity index (χ4n) is 1.84. The van der Waals surface area contributed by atoms with Crippen molar-refractivity contribution in [2.45, 2.75) is 72.1 Å². The molecule has 0 rings (SSSR count). The Morgan fingerprint density at radius 1 is 1.17 bits per heavy atom. The lowest BCUT2D eigenvalue weighted by Crippen LogP contribution is -2.46. The van der Waals surface area contributed by atoms with E-state index in [-0.39, 0.29) is 11.9 Å². The van der Waals surface area contributed by atoms with Crippen LogP contribution in [0.15, 0.2) is 0 Å². The van der Waals surface area contributed by atoms with Crippen LogP contribution in [0.4, 0.5) is 0 Å². The topological polar surface area (TPSA) is 58.6 Å². The zero-order valence-electron chi connectivity index (χ0n) is 12.2. The fourth-order valence-corrected chi connectivity index (χ4v) is 1.84. The van der Waals surface area contributed by atoms with Gasteiger partial charge in [-0.05, 0) is 25.2 Å². The van der Waals surface area contributed by atoms with Gasteiger partial charge in [0.2, 0.25) is 0 Å². The van der Waals surface area contributed by atoms with Crippen molar-refractivity contribution in [1.82, 2.24) is 5.32 Å². The molecule has 0 bridgehead atoms. The van der Waals surface area contributed by atoms with Gasteiger partial charge in [-0.25, -0.2) is 0 Å². The second-order valence-corrected chi connectivity index (χ2v) is 4.89. The van der Waals surface area contributed by atoms with Crippen LogP contribution in [-0.2, 0) is 9.53 Å².